The number of hydrogen-bond acceptors (Lipinski definition) is 5. The van der Waals surface area contributed by atoms with Gasteiger partial charge in [-0.1, -0.05) is 17.3 Å². The lowest BCUT2D eigenvalue weighted by Crippen LogP contribution is -2.46. The Bertz CT molecular complexity index is 317. The second kappa shape index (κ2) is 3.74. The van der Waals surface area contributed by atoms with Crippen LogP contribution in [0.2, 0.25) is 0 Å². The number of nitrogens with zero attached hydrogens (tertiary/aromatic N) is 2. The summed E-state index contributed by atoms with van der Waals surface area (Å²) in [5.41, 5.74) is 6.19. The van der Waals surface area contributed by atoms with Crippen molar-refractivity contribution >= 4 is 17.3 Å². The van der Waals surface area contributed by atoms with Crippen LogP contribution in [0.25, 0.3) is 0 Å². The Balaban J connectivity index is 2.02. The first-order chi connectivity index (χ1) is 6.71. The minimum Gasteiger partial charge on any atom is -0.319 e. The van der Waals surface area contributed by atoms with Crippen molar-refractivity contribution in [3.8, 4) is 0 Å². The second-order valence-electron chi connectivity index (χ2n) is 3.86. The second-order valence-corrected chi connectivity index (χ2v) is 4.47. The van der Waals surface area contributed by atoms with Gasteiger partial charge >= 0.3 is 0 Å². The van der Waals surface area contributed by atoms with Gasteiger partial charge in [-0.3, -0.25) is 4.79 Å². The Hall–Kier alpha value is -0.810. The fourth-order valence-corrected chi connectivity index (χ4v) is 2.34. The molecule has 0 saturated heterocycles. The maximum atomic E-state index is 11.8. The quantitative estimate of drug-likeness (QED) is 0.807. The van der Waals surface area contributed by atoms with Crippen LogP contribution in [0.3, 0.4) is 0 Å². The zero-order chi connectivity index (χ0) is 10.0. The first-order valence-electron chi connectivity index (χ1n) is 4.79. The molecule has 0 amide bonds. The molecular weight excluding hydrogens is 198 g/mol. The molecule has 4 nitrogen and oxygen atoms in total. The van der Waals surface area contributed by atoms with E-state index in [0.717, 1.165) is 31.4 Å². The van der Waals surface area contributed by atoms with Crippen LogP contribution in [0.5, 0.6) is 0 Å². The number of ketones is 1. The van der Waals surface area contributed by atoms with E-state index in [1.807, 2.05) is 0 Å². The first-order valence-corrected chi connectivity index (χ1v) is 5.62. The van der Waals surface area contributed by atoms with Gasteiger partial charge in [0.05, 0.1) is 17.7 Å². The van der Waals surface area contributed by atoms with Crippen molar-refractivity contribution in [1.82, 2.24) is 9.59 Å². The van der Waals surface area contributed by atoms with Crippen LogP contribution < -0.4 is 5.73 Å². The number of carbonyl (C=O) groups is 1. The lowest BCUT2D eigenvalue weighted by atomic mass is 9.91. The van der Waals surface area contributed by atoms with Crippen molar-refractivity contribution in [3.63, 3.8) is 0 Å². The van der Waals surface area contributed by atoms with Gasteiger partial charge in [0.15, 0.2) is 5.78 Å². The minimum atomic E-state index is -0.580. The van der Waals surface area contributed by atoms with Crippen molar-refractivity contribution in [2.75, 3.05) is 0 Å². The molecule has 5 heteroatoms. The van der Waals surface area contributed by atoms with Crippen LogP contribution in [0.15, 0.2) is 5.38 Å². The van der Waals surface area contributed by atoms with Crippen LogP contribution in [0, 0.1) is 0 Å². The smallest absolute Gasteiger partial charge is 0.158 e. The molecule has 1 aliphatic rings. The van der Waals surface area contributed by atoms with Gasteiger partial charge in [-0.15, -0.1) is 5.10 Å². The molecule has 1 saturated carbocycles. The molecular formula is C9H13N3OS. The molecule has 0 bridgehead atoms. The Labute approximate surface area is 86.7 Å². The summed E-state index contributed by atoms with van der Waals surface area (Å²) in [6.45, 7) is 0. The molecule has 1 aromatic heterocycles. The number of rotatable bonds is 3. The van der Waals surface area contributed by atoms with Crippen LogP contribution in [-0.2, 0) is 11.2 Å². The van der Waals surface area contributed by atoms with Gasteiger partial charge in [0.25, 0.3) is 0 Å². The third-order valence-electron chi connectivity index (χ3n) is 2.80. The van der Waals surface area contributed by atoms with E-state index in [1.54, 1.807) is 5.38 Å². The van der Waals surface area contributed by atoms with Crippen molar-refractivity contribution in [1.29, 1.82) is 0 Å². The summed E-state index contributed by atoms with van der Waals surface area (Å²) in [4.78, 5) is 11.8. The highest BCUT2D eigenvalue weighted by Gasteiger charge is 2.36. The molecule has 2 N–H and O–H groups in total. The Morgan fingerprint density at radius 2 is 2.29 bits per heavy atom. The summed E-state index contributed by atoms with van der Waals surface area (Å²) in [5.74, 6) is 0.114. The maximum Gasteiger partial charge on any atom is 0.158 e. The molecule has 0 radical (unpaired) electrons. The van der Waals surface area contributed by atoms with Crippen molar-refractivity contribution in [2.45, 2.75) is 37.6 Å². The number of hydrogen-bond donors (Lipinski definition) is 1. The minimum absolute atomic E-state index is 0.114. The SMILES string of the molecule is NC1(C(=O)Cc2csnn2)CCCC1. The molecule has 1 aromatic rings. The van der Waals surface area contributed by atoms with Crippen LogP contribution in [0.1, 0.15) is 31.4 Å². The summed E-state index contributed by atoms with van der Waals surface area (Å²) >= 11 is 1.27. The van der Waals surface area contributed by atoms with Crippen LogP contribution in [0.4, 0.5) is 0 Å². The van der Waals surface area contributed by atoms with Gasteiger partial charge in [-0.25, -0.2) is 0 Å². The van der Waals surface area contributed by atoms with Crippen molar-refractivity contribution in [3.05, 3.63) is 11.1 Å². The largest absolute Gasteiger partial charge is 0.319 e. The Kier molecular flexibility index (Phi) is 2.60. The normalized spacial score (nSPS) is 19.8. The molecule has 76 valence electrons. The van der Waals surface area contributed by atoms with E-state index in [-0.39, 0.29) is 5.78 Å². The number of aromatic nitrogens is 2. The Morgan fingerprint density at radius 1 is 1.57 bits per heavy atom. The average Bonchev–Trinajstić information content (AvgIpc) is 2.76. The monoisotopic (exact) mass is 211 g/mol. The fraction of sp³-hybridized carbons (Fsp3) is 0.667. The zero-order valence-electron chi connectivity index (χ0n) is 7.90. The third kappa shape index (κ3) is 1.83. The summed E-state index contributed by atoms with van der Waals surface area (Å²) in [5, 5.41) is 5.65. The van der Waals surface area contributed by atoms with E-state index in [9.17, 15) is 4.79 Å². The Morgan fingerprint density at radius 3 is 2.86 bits per heavy atom. The fourth-order valence-electron chi connectivity index (χ4n) is 1.89. The number of nitrogens with two attached hydrogens (primary N) is 1. The van der Waals surface area contributed by atoms with Gasteiger partial charge in [-0.05, 0) is 24.4 Å². The predicted molar refractivity (Wildman–Crippen MR) is 54.0 cm³/mol. The third-order valence-corrected chi connectivity index (χ3v) is 3.35. The molecule has 1 fully saturated rings. The lowest BCUT2D eigenvalue weighted by Gasteiger charge is -2.20. The molecule has 0 aromatic carbocycles. The molecule has 1 aliphatic carbocycles. The van der Waals surface area contributed by atoms with Crippen LogP contribution >= 0.6 is 11.5 Å². The zero-order valence-corrected chi connectivity index (χ0v) is 8.72. The van der Waals surface area contributed by atoms with E-state index in [4.69, 9.17) is 5.73 Å². The topological polar surface area (TPSA) is 68.9 Å². The average molecular weight is 211 g/mol. The molecule has 1 heterocycles. The summed E-state index contributed by atoms with van der Waals surface area (Å²) < 4.78 is 3.72. The van der Waals surface area contributed by atoms with E-state index >= 15 is 0 Å². The number of Topliss-reactive ketones (excluding diaryl/α,β-unsaturated/α-hetero) is 1. The van der Waals surface area contributed by atoms with Crippen molar-refractivity contribution in [2.24, 2.45) is 5.73 Å². The molecule has 0 spiro atoms. The molecule has 14 heavy (non-hydrogen) atoms. The first kappa shape index (κ1) is 9.73. The van der Waals surface area contributed by atoms with Gasteiger partial charge in [-0.2, -0.15) is 0 Å². The van der Waals surface area contributed by atoms with Gasteiger partial charge in [0.1, 0.15) is 0 Å². The lowest BCUT2D eigenvalue weighted by molar-refractivity contribution is -0.123. The van der Waals surface area contributed by atoms with E-state index < -0.39 is 5.54 Å². The summed E-state index contributed by atoms with van der Waals surface area (Å²) in [6, 6.07) is 0. The molecule has 0 aliphatic heterocycles. The summed E-state index contributed by atoms with van der Waals surface area (Å²) in [7, 11) is 0. The van der Waals surface area contributed by atoms with E-state index in [0.29, 0.717) is 6.42 Å². The van der Waals surface area contributed by atoms with Gasteiger partial charge in [0, 0.05) is 5.38 Å². The van der Waals surface area contributed by atoms with E-state index in [2.05, 4.69) is 9.59 Å². The van der Waals surface area contributed by atoms with Gasteiger partial charge < -0.3 is 5.73 Å². The highest BCUT2D eigenvalue weighted by Crippen LogP contribution is 2.28. The standard InChI is InChI=1S/C9H13N3OS/c10-9(3-1-2-4-9)8(13)5-7-6-14-12-11-7/h6H,1-5,10H2. The molecule has 2 rings (SSSR count). The van der Waals surface area contributed by atoms with E-state index in [1.165, 1.54) is 11.5 Å². The summed E-state index contributed by atoms with van der Waals surface area (Å²) in [6.07, 6.45) is 4.12. The highest BCUT2D eigenvalue weighted by molar-refractivity contribution is 7.03. The molecule has 0 unspecified atom stereocenters. The van der Waals surface area contributed by atoms with Crippen LogP contribution in [-0.4, -0.2) is 20.9 Å². The molecule has 0 atom stereocenters. The van der Waals surface area contributed by atoms with Gasteiger partial charge in [0.2, 0.25) is 0 Å². The highest BCUT2D eigenvalue weighted by atomic mass is 32.1. The van der Waals surface area contributed by atoms with Crippen molar-refractivity contribution < 1.29 is 4.79 Å². The maximum absolute atomic E-state index is 11.8. The predicted octanol–water partition coefficient (Wildman–Crippen LogP) is 0.921. The number of carbonyl (C=O) groups excluding carboxylic acids is 1.